The molecule has 0 amide bonds. The predicted molar refractivity (Wildman–Crippen MR) is 135 cm³/mol. The van der Waals surface area contributed by atoms with Crippen molar-refractivity contribution in [2.75, 3.05) is 0 Å². The second-order valence-corrected chi connectivity index (χ2v) is 8.49. The van der Waals surface area contributed by atoms with Crippen LogP contribution in [0.5, 0.6) is 0 Å². The Balaban J connectivity index is 0.00000241. The third kappa shape index (κ3) is 3.92. The summed E-state index contributed by atoms with van der Waals surface area (Å²) in [7, 11) is 2.09. The van der Waals surface area contributed by atoms with Crippen molar-refractivity contribution in [3.63, 3.8) is 0 Å². The number of benzene rings is 5. The fraction of sp³-hybridized carbons (Fsp3) is 0.0645. The Hall–Kier alpha value is -3.07. The smallest absolute Gasteiger partial charge is 0.228 e. The van der Waals surface area contributed by atoms with E-state index in [1.54, 1.807) is 0 Å². The zero-order chi connectivity index (χ0) is 22.4. The summed E-state index contributed by atoms with van der Waals surface area (Å²) in [5, 5.41) is 4.82. The van der Waals surface area contributed by atoms with Crippen molar-refractivity contribution in [3.05, 3.63) is 121 Å². The monoisotopic (exact) mass is 512 g/mol. The molecule has 0 atom stereocenters. The van der Waals surface area contributed by atoms with E-state index in [2.05, 4.69) is 133 Å². The Kier molecular flexibility index (Phi) is 6.21. The summed E-state index contributed by atoms with van der Waals surface area (Å²) in [4.78, 5) is 0. The Bertz CT molecular complexity index is 1630. The zero-order valence-corrected chi connectivity index (χ0v) is 22.1. The van der Waals surface area contributed by atoms with E-state index in [0.717, 1.165) is 33.6 Å². The largest absolute Gasteiger partial charge is 0.265 e. The van der Waals surface area contributed by atoms with Gasteiger partial charge in [0.2, 0.25) is 5.82 Å². The number of hydrogen-bond acceptors (Lipinski definition) is 0. The van der Waals surface area contributed by atoms with Gasteiger partial charge in [0.15, 0.2) is 0 Å². The summed E-state index contributed by atoms with van der Waals surface area (Å²) >= 11 is 0. The van der Waals surface area contributed by atoms with Crippen molar-refractivity contribution in [2.45, 2.75) is 6.92 Å². The number of aryl methyl sites for hydroxylation is 2. The van der Waals surface area contributed by atoms with Crippen molar-refractivity contribution in [3.8, 4) is 28.2 Å². The molecular weight excluding hydrogens is 489 g/mol. The molecule has 2 nitrogen and oxygen atoms in total. The van der Waals surface area contributed by atoms with Crippen LogP contribution in [0, 0.1) is 19.1 Å². The summed E-state index contributed by atoms with van der Waals surface area (Å²) in [6.07, 6.45) is 4.20. The molecule has 1 radical (unpaired) electrons. The number of fused-ring (bicyclic) bond motifs is 3. The minimum atomic E-state index is 0. The molecule has 5 aromatic carbocycles. The van der Waals surface area contributed by atoms with Gasteiger partial charge in [-0.15, -0.1) is 29.1 Å². The Morgan fingerprint density at radius 3 is 2.24 bits per heavy atom. The van der Waals surface area contributed by atoms with Crippen LogP contribution >= 0.6 is 0 Å². The van der Waals surface area contributed by atoms with Crippen molar-refractivity contribution >= 4 is 21.5 Å². The minimum Gasteiger partial charge on any atom is -0.265 e. The van der Waals surface area contributed by atoms with Crippen molar-refractivity contribution < 1.29 is 37.3 Å². The van der Waals surface area contributed by atoms with Gasteiger partial charge in [0, 0.05) is 32.7 Å². The van der Waals surface area contributed by atoms with E-state index in [4.69, 9.17) is 0 Å². The van der Waals surface area contributed by atoms with Gasteiger partial charge in [-0.2, -0.15) is 29.3 Å². The molecule has 6 aromatic rings. The van der Waals surface area contributed by atoms with Crippen LogP contribution in [0.4, 0.5) is 0 Å². The molecule has 0 saturated heterocycles. The molecule has 0 spiro atoms. The van der Waals surface area contributed by atoms with Crippen LogP contribution in [0.25, 0.3) is 49.7 Å². The quantitative estimate of drug-likeness (QED) is 0.139. The third-order valence-electron chi connectivity index (χ3n) is 6.35. The minimum absolute atomic E-state index is 0. The zero-order valence-electron chi connectivity index (χ0n) is 19.3. The number of aromatic nitrogens is 2. The second-order valence-electron chi connectivity index (χ2n) is 8.49. The van der Waals surface area contributed by atoms with Gasteiger partial charge in [0.1, 0.15) is 18.1 Å². The fourth-order valence-corrected chi connectivity index (χ4v) is 4.60. The van der Waals surface area contributed by atoms with Crippen LogP contribution in [0.2, 0.25) is 0 Å². The topological polar surface area (TPSA) is 8.81 Å². The van der Waals surface area contributed by atoms with E-state index in [-0.39, 0.29) is 32.7 Å². The van der Waals surface area contributed by atoms with E-state index in [1.807, 2.05) is 6.07 Å². The maximum absolute atomic E-state index is 3.72. The predicted octanol–water partition coefficient (Wildman–Crippen LogP) is 6.85. The Morgan fingerprint density at radius 2 is 1.38 bits per heavy atom. The maximum Gasteiger partial charge on any atom is 0.228 e. The summed E-state index contributed by atoms with van der Waals surface area (Å²) in [6, 6.07) is 39.4. The van der Waals surface area contributed by atoms with Crippen LogP contribution in [0.1, 0.15) is 5.56 Å². The number of nitrogens with zero attached hydrogens (tertiary/aromatic N) is 2. The van der Waals surface area contributed by atoms with Gasteiger partial charge >= 0.3 is 0 Å². The first kappa shape index (κ1) is 22.7. The molecular formula is C31H23N2Y-. The molecule has 0 aliphatic carbocycles. The standard InChI is InChI=1S/C31H23N2.Y/c1-22-12-13-25(20-29(22)31-32(2)18-19-33(31)27-9-4-3-5-10-27)26-17-16-24-15-14-23-8-6-7-11-28(23)30(24)21-26;/h3-19H,1-2H3;/q-1;. The molecule has 0 fully saturated rings. The van der Waals surface area contributed by atoms with Crippen LogP contribution in [-0.2, 0) is 39.8 Å². The van der Waals surface area contributed by atoms with E-state index in [1.165, 1.54) is 21.7 Å². The molecule has 6 rings (SSSR count). The first-order chi connectivity index (χ1) is 16.2. The van der Waals surface area contributed by atoms with Gasteiger partial charge in [-0.05, 0) is 17.7 Å². The van der Waals surface area contributed by atoms with E-state index >= 15 is 0 Å². The van der Waals surface area contributed by atoms with Gasteiger partial charge in [0.05, 0.1) is 7.05 Å². The average Bonchev–Trinajstić information content (AvgIpc) is 3.25. The molecule has 0 saturated carbocycles. The Morgan fingerprint density at radius 1 is 0.706 bits per heavy atom. The first-order valence-electron chi connectivity index (χ1n) is 11.2. The maximum atomic E-state index is 3.72. The summed E-state index contributed by atoms with van der Waals surface area (Å²) in [5.41, 5.74) is 5.52. The van der Waals surface area contributed by atoms with Crippen LogP contribution in [-0.4, -0.2) is 4.57 Å². The van der Waals surface area contributed by atoms with Gasteiger partial charge in [-0.1, -0.05) is 77.7 Å². The van der Waals surface area contributed by atoms with Gasteiger partial charge < -0.3 is 0 Å². The third-order valence-corrected chi connectivity index (χ3v) is 6.35. The summed E-state index contributed by atoms with van der Waals surface area (Å²) < 4.78 is 4.38. The SMILES string of the molecule is Cc1ccc(-c2[c-]c3c(cc2)ccc2ccccc23)[c-]c1-c1n(-c2ccccc2)cc[n+]1C.[Y]. The first-order valence-corrected chi connectivity index (χ1v) is 11.2. The number of imidazole rings is 1. The molecule has 0 unspecified atom stereocenters. The van der Waals surface area contributed by atoms with Crippen molar-refractivity contribution in [1.29, 1.82) is 0 Å². The van der Waals surface area contributed by atoms with Gasteiger partial charge in [0.25, 0.3) is 0 Å². The normalized spacial score (nSPS) is 11.0. The van der Waals surface area contributed by atoms with Crippen molar-refractivity contribution in [1.82, 2.24) is 4.57 Å². The van der Waals surface area contributed by atoms with Gasteiger partial charge in [-0.3, -0.25) is 4.57 Å². The molecule has 1 aromatic heterocycles. The molecule has 161 valence electrons. The van der Waals surface area contributed by atoms with Crippen LogP contribution in [0.3, 0.4) is 0 Å². The van der Waals surface area contributed by atoms with Crippen LogP contribution < -0.4 is 4.57 Å². The van der Waals surface area contributed by atoms with E-state index in [9.17, 15) is 0 Å². The molecule has 0 aliphatic heterocycles. The van der Waals surface area contributed by atoms with E-state index in [0.29, 0.717) is 0 Å². The van der Waals surface area contributed by atoms with Gasteiger partial charge in [-0.25, -0.2) is 4.57 Å². The molecule has 0 N–H and O–H groups in total. The second kappa shape index (κ2) is 9.29. The Labute approximate surface area is 225 Å². The molecule has 1 heterocycles. The molecule has 0 bridgehead atoms. The number of hydrogen-bond donors (Lipinski definition) is 0. The number of rotatable bonds is 3. The van der Waals surface area contributed by atoms with E-state index < -0.39 is 0 Å². The summed E-state index contributed by atoms with van der Waals surface area (Å²) in [5.74, 6) is 1.10. The average molecular weight is 512 g/mol. The fourth-order valence-electron chi connectivity index (χ4n) is 4.60. The van der Waals surface area contributed by atoms with Crippen molar-refractivity contribution in [2.24, 2.45) is 7.05 Å². The molecule has 0 aliphatic rings. The molecule has 34 heavy (non-hydrogen) atoms. The molecule has 3 heteroatoms. The number of para-hydroxylation sites is 1. The van der Waals surface area contributed by atoms with Crippen LogP contribution in [0.15, 0.2) is 103 Å². The summed E-state index contributed by atoms with van der Waals surface area (Å²) in [6.45, 7) is 2.15.